The molecule has 3 rings (SSSR count). The summed E-state index contributed by atoms with van der Waals surface area (Å²) >= 11 is 0. The van der Waals surface area contributed by atoms with E-state index in [2.05, 4.69) is 16.0 Å². The van der Waals surface area contributed by atoms with Crippen LogP contribution in [0, 0.1) is 11.8 Å². The van der Waals surface area contributed by atoms with E-state index in [1.807, 2.05) is 105 Å². The van der Waals surface area contributed by atoms with Crippen molar-refractivity contribution in [3.63, 3.8) is 0 Å². The molecule has 0 spiro atoms. The first-order valence-electron chi connectivity index (χ1n) is 16.2. The van der Waals surface area contributed by atoms with Gasteiger partial charge in [0.2, 0.25) is 0 Å². The van der Waals surface area contributed by atoms with Crippen molar-refractivity contribution in [2.45, 2.75) is 78.7 Å². The maximum Gasteiger partial charge on any atom is 0.407 e. The van der Waals surface area contributed by atoms with Gasteiger partial charge < -0.3 is 40.4 Å². The zero-order valence-corrected chi connectivity index (χ0v) is 28.7. The molecule has 266 valence electrons. The van der Waals surface area contributed by atoms with Crippen LogP contribution in [0.2, 0.25) is 0 Å². The lowest BCUT2D eigenvalue weighted by Crippen LogP contribution is -2.53. The molecule has 2 unspecified atom stereocenters. The first-order valence-corrected chi connectivity index (χ1v) is 16.2. The van der Waals surface area contributed by atoms with Crippen LogP contribution in [0.5, 0.6) is 0 Å². The summed E-state index contributed by atoms with van der Waals surface area (Å²) < 4.78 is 15.0. The minimum Gasteiger partial charge on any atom is -0.464 e. The smallest absolute Gasteiger partial charge is 0.407 e. The van der Waals surface area contributed by atoms with Crippen molar-refractivity contribution in [2.75, 3.05) is 6.61 Å². The number of aliphatic hydroxyl groups excluding tert-OH is 2. The van der Waals surface area contributed by atoms with Gasteiger partial charge in [0.15, 0.2) is 12.2 Å². The molecule has 49 heavy (non-hydrogen) atoms. The summed E-state index contributed by atoms with van der Waals surface area (Å²) in [7, 11) is 0. The van der Waals surface area contributed by atoms with Crippen LogP contribution in [0.25, 0.3) is 0 Å². The number of aliphatic hydroxyl groups is 2. The molecule has 0 heterocycles. The van der Waals surface area contributed by atoms with Gasteiger partial charge in [-0.1, -0.05) is 119 Å². The number of hydrogen-bond acceptors (Lipinski definition) is 9. The van der Waals surface area contributed by atoms with Crippen LogP contribution in [0.1, 0.15) is 51.3 Å². The summed E-state index contributed by atoms with van der Waals surface area (Å²) in [6.45, 7) is 9.55. The minimum atomic E-state index is -1.43. The Bertz CT molecular complexity index is 1410. The molecule has 0 aromatic heterocycles. The van der Waals surface area contributed by atoms with Crippen molar-refractivity contribution in [1.82, 2.24) is 16.0 Å². The van der Waals surface area contributed by atoms with Crippen molar-refractivity contribution in [2.24, 2.45) is 11.8 Å². The predicted molar refractivity (Wildman–Crippen MR) is 184 cm³/mol. The summed E-state index contributed by atoms with van der Waals surface area (Å²) in [5.41, 5.74) is 2.63. The van der Waals surface area contributed by atoms with E-state index >= 15 is 0 Å². The molecule has 0 bridgehead atoms. The Morgan fingerprint density at radius 3 is 1.37 bits per heavy atom. The molecule has 0 aliphatic carbocycles. The van der Waals surface area contributed by atoms with E-state index in [0.29, 0.717) is 6.54 Å². The second kappa shape index (κ2) is 21.8. The number of hydrogen-bond donors (Lipinski definition) is 5. The lowest BCUT2D eigenvalue weighted by Gasteiger charge is -2.26. The summed E-state index contributed by atoms with van der Waals surface area (Å²) in [5.74, 6) is -1.62. The highest BCUT2D eigenvalue weighted by Gasteiger charge is 2.32. The van der Waals surface area contributed by atoms with E-state index in [9.17, 15) is 29.4 Å². The Balaban J connectivity index is 0.000000348. The van der Waals surface area contributed by atoms with Crippen LogP contribution in [0.4, 0.5) is 9.59 Å². The van der Waals surface area contributed by atoms with Gasteiger partial charge in [0.1, 0.15) is 13.2 Å². The summed E-state index contributed by atoms with van der Waals surface area (Å²) in [5, 5.41) is 28.1. The van der Waals surface area contributed by atoms with Gasteiger partial charge >= 0.3 is 18.2 Å². The number of rotatable bonds is 15. The Morgan fingerprint density at radius 2 is 0.980 bits per heavy atom. The largest absolute Gasteiger partial charge is 0.464 e. The van der Waals surface area contributed by atoms with E-state index < -0.39 is 48.4 Å². The molecule has 5 N–H and O–H groups in total. The SMILES string of the molecule is CC(C)[C@H](NC(=O)OCc1ccccc1)C(O)C(=O)NCc1ccccc1.CCOC(=O)C(O)[C@@H](NC(=O)OCc1ccccc1)C(C)C. The van der Waals surface area contributed by atoms with E-state index in [-0.39, 0.29) is 31.7 Å². The monoisotopic (exact) mass is 679 g/mol. The Kier molecular flexibility index (Phi) is 17.9. The number of esters is 1. The van der Waals surface area contributed by atoms with Gasteiger partial charge in [-0.05, 0) is 35.4 Å². The molecule has 0 saturated heterocycles. The highest BCUT2D eigenvalue weighted by Crippen LogP contribution is 2.11. The highest BCUT2D eigenvalue weighted by atomic mass is 16.6. The average molecular weight is 680 g/mol. The molecule has 12 nitrogen and oxygen atoms in total. The van der Waals surface area contributed by atoms with Gasteiger partial charge in [-0.15, -0.1) is 0 Å². The fourth-order valence-electron chi connectivity index (χ4n) is 4.45. The van der Waals surface area contributed by atoms with E-state index in [1.165, 1.54) is 0 Å². The molecule has 0 radical (unpaired) electrons. The molecule has 12 heteroatoms. The topological polar surface area (TPSA) is 173 Å². The van der Waals surface area contributed by atoms with Crippen molar-refractivity contribution in [1.29, 1.82) is 0 Å². The average Bonchev–Trinajstić information content (AvgIpc) is 3.11. The highest BCUT2D eigenvalue weighted by molar-refractivity contribution is 5.82. The van der Waals surface area contributed by atoms with Gasteiger partial charge in [0.05, 0.1) is 18.7 Å². The van der Waals surface area contributed by atoms with Crippen LogP contribution in [0.3, 0.4) is 0 Å². The fourth-order valence-corrected chi connectivity index (χ4v) is 4.45. The van der Waals surface area contributed by atoms with Crippen molar-refractivity contribution in [3.8, 4) is 0 Å². The molecule has 0 saturated carbocycles. The predicted octanol–water partition coefficient (Wildman–Crippen LogP) is 4.48. The van der Waals surface area contributed by atoms with Crippen LogP contribution in [-0.4, -0.2) is 65.2 Å². The van der Waals surface area contributed by atoms with Gasteiger partial charge in [-0.25, -0.2) is 14.4 Å². The van der Waals surface area contributed by atoms with Crippen LogP contribution < -0.4 is 16.0 Å². The summed E-state index contributed by atoms with van der Waals surface area (Å²) in [6, 6.07) is 26.4. The van der Waals surface area contributed by atoms with Crippen molar-refractivity contribution in [3.05, 3.63) is 108 Å². The molecule has 3 amide bonds. The van der Waals surface area contributed by atoms with E-state index in [0.717, 1.165) is 16.7 Å². The summed E-state index contributed by atoms with van der Waals surface area (Å²) in [6.07, 6.45) is -4.17. The quantitative estimate of drug-likeness (QED) is 0.115. The number of carbonyl (C=O) groups excluding carboxylic acids is 4. The number of alkyl carbamates (subject to hydrolysis) is 2. The Morgan fingerprint density at radius 1 is 0.592 bits per heavy atom. The number of carbonyl (C=O) groups is 4. The number of ether oxygens (including phenoxy) is 3. The molecule has 3 aromatic carbocycles. The molecular weight excluding hydrogens is 630 g/mol. The van der Waals surface area contributed by atoms with Gasteiger partial charge in [0.25, 0.3) is 5.91 Å². The molecule has 4 atom stereocenters. The lowest BCUT2D eigenvalue weighted by atomic mass is 9.98. The second-order valence-corrected chi connectivity index (χ2v) is 11.8. The van der Waals surface area contributed by atoms with Gasteiger partial charge in [0, 0.05) is 6.54 Å². The lowest BCUT2D eigenvalue weighted by molar-refractivity contribution is -0.155. The third-order valence-electron chi connectivity index (χ3n) is 7.22. The first-order chi connectivity index (χ1) is 23.4. The maximum atomic E-state index is 12.3. The second-order valence-electron chi connectivity index (χ2n) is 11.8. The molecule has 3 aromatic rings. The zero-order valence-electron chi connectivity index (χ0n) is 28.7. The van der Waals surface area contributed by atoms with E-state index in [4.69, 9.17) is 14.2 Å². The van der Waals surface area contributed by atoms with Crippen LogP contribution in [-0.2, 0) is 43.6 Å². The molecule has 0 aliphatic heterocycles. The minimum absolute atomic E-state index is 0.118. The normalized spacial score (nSPS) is 13.1. The number of amides is 3. The third-order valence-corrected chi connectivity index (χ3v) is 7.22. The number of nitrogens with one attached hydrogen (secondary N) is 3. The van der Waals surface area contributed by atoms with Gasteiger partial charge in [-0.3, -0.25) is 4.79 Å². The number of benzene rings is 3. The molecule has 0 aliphatic rings. The Labute approximate surface area is 288 Å². The molecular formula is C37H49N3O9. The third kappa shape index (κ3) is 15.2. The van der Waals surface area contributed by atoms with Crippen molar-refractivity contribution >= 4 is 24.1 Å². The maximum absolute atomic E-state index is 12.3. The van der Waals surface area contributed by atoms with E-state index in [1.54, 1.807) is 20.8 Å². The van der Waals surface area contributed by atoms with Gasteiger partial charge in [-0.2, -0.15) is 0 Å². The molecule has 0 fully saturated rings. The standard InChI is InChI=1S/C21H26N2O4.C16H23NO5/c1-15(2)18(23-21(26)27-14-17-11-7-4-8-12-17)19(24)20(25)22-13-16-9-5-3-6-10-16;1-4-21-15(19)14(18)13(11(2)3)17-16(20)22-10-12-8-6-5-7-9-12/h3-12,15,18-19,24H,13-14H2,1-2H3,(H,22,25)(H,23,26);5-9,11,13-14,18H,4,10H2,1-3H3,(H,17,20)/t18-,19?;13-,14?/m00/s1. The zero-order chi connectivity index (χ0) is 36.2. The Hall–Kier alpha value is -4.94. The summed E-state index contributed by atoms with van der Waals surface area (Å²) in [4.78, 5) is 47.7. The van der Waals surface area contributed by atoms with Crippen LogP contribution >= 0.6 is 0 Å². The fraction of sp³-hybridized carbons (Fsp3) is 0.405. The first kappa shape index (κ1) is 40.2. The van der Waals surface area contributed by atoms with Crippen LogP contribution in [0.15, 0.2) is 91.0 Å². The van der Waals surface area contributed by atoms with Crippen molar-refractivity contribution < 1.29 is 43.6 Å².